The quantitative estimate of drug-likeness (QED) is 0.326. The number of ether oxygens (including phenoxy) is 3. The van der Waals surface area contributed by atoms with Gasteiger partial charge in [0, 0.05) is 34.4 Å². The third-order valence-corrected chi connectivity index (χ3v) is 6.00. The van der Waals surface area contributed by atoms with Crippen LogP contribution in [0.25, 0.3) is 38.5 Å². The fraction of sp³-hybridized carbons (Fsp3) is 0.0714. The second-order valence-corrected chi connectivity index (χ2v) is 8.01. The van der Waals surface area contributed by atoms with Crippen molar-refractivity contribution in [1.29, 1.82) is 0 Å². The molecule has 6 aromatic rings. The number of phenols is 1. The van der Waals surface area contributed by atoms with E-state index >= 15 is 0 Å². The molecule has 35 heavy (non-hydrogen) atoms. The fourth-order valence-corrected chi connectivity index (χ4v) is 4.38. The Labute approximate surface area is 200 Å². The van der Waals surface area contributed by atoms with Gasteiger partial charge in [-0.05, 0) is 36.4 Å². The van der Waals surface area contributed by atoms with E-state index in [-0.39, 0.29) is 5.75 Å². The third kappa shape index (κ3) is 3.45. The molecule has 7 heteroatoms. The molecule has 0 bridgehead atoms. The molecule has 0 unspecified atom stereocenters. The van der Waals surface area contributed by atoms with Gasteiger partial charge < -0.3 is 19.3 Å². The fourth-order valence-electron chi connectivity index (χ4n) is 4.38. The van der Waals surface area contributed by atoms with Crippen molar-refractivity contribution in [1.82, 2.24) is 14.5 Å². The lowest BCUT2D eigenvalue weighted by Crippen LogP contribution is -2.02. The number of aromatic nitrogens is 3. The predicted molar refractivity (Wildman–Crippen MR) is 135 cm³/mol. The first-order valence-corrected chi connectivity index (χ1v) is 11.1. The van der Waals surface area contributed by atoms with Crippen LogP contribution in [0.3, 0.4) is 0 Å². The number of hydrogen-bond donors (Lipinski definition) is 1. The highest BCUT2D eigenvalue weighted by Gasteiger charge is 2.18. The number of phenolic OH excluding ortho intramolecular Hbond substituents is 1. The van der Waals surface area contributed by atoms with Crippen LogP contribution >= 0.6 is 0 Å². The van der Waals surface area contributed by atoms with E-state index in [1.54, 1.807) is 38.5 Å². The molecule has 3 heterocycles. The summed E-state index contributed by atoms with van der Waals surface area (Å²) in [5.74, 6) is 2.82. The first kappa shape index (κ1) is 20.8. The maximum absolute atomic E-state index is 10.2. The van der Waals surface area contributed by atoms with Crippen LogP contribution in [-0.4, -0.2) is 33.9 Å². The molecule has 0 spiro atoms. The van der Waals surface area contributed by atoms with E-state index in [4.69, 9.17) is 19.2 Å². The van der Waals surface area contributed by atoms with Gasteiger partial charge in [-0.25, -0.2) is 4.98 Å². The zero-order chi connectivity index (χ0) is 23.9. The number of nitrogens with zero attached hydrogens (tertiary/aromatic N) is 3. The molecule has 172 valence electrons. The van der Waals surface area contributed by atoms with Crippen LogP contribution < -0.4 is 14.2 Å². The zero-order valence-electron chi connectivity index (χ0n) is 19.1. The highest BCUT2D eigenvalue weighted by molar-refractivity contribution is 6.09. The molecular formula is C28H21N3O4. The van der Waals surface area contributed by atoms with Crippen LogP contribution in [0.1, 0.15) is 0 Å². The predicted octanol–water partition coefficient (Wildman–Crippen LogP) is 6.24. The number of methoxy groups -OCH3 is 2. The largest absolute Gasteiger partial charge is 0.506 e. The van der Waals surface area contributed by atoms with E-state index < -0.39 is 0 Å². The molecule has 3 aromatic heterocycles. The van der Waals surface area contributed by atoms with Crippen molar-refractivity contribution in [3.63, 3.8) is 0 Å². The van der Waals surface area contributed by atoms with E-state index in [0.717, 1.165) is 27.2 Å². The molecule has 0 saturated heterocycles. The summed E-state index contributed by atoms with van der Waals surface area (Å²) in [5, 5.41) is 13.1. The Balaban J connectivity index is 1.54. The van der Waals surface area contributed by atoms with Crippen molar-refractivity contribution >= 4 is 32.7 Å². The summed E-state index contributed by atoms with van der Waals surface area (Å²) in [5.41, 5.74) is 2.37. The Bertz CT molecular complexity index is 1730. The number of aromatic hydroxyl groups is 1. The van der Waals surface area contributed by atoms with E-state index in [9.17, 15) is 5.11 Å². The summed E-state index contributed by atoms with van der Waals surface area (Å²) in [6, 6.07) is 26.6. The number of fused-ring (bicyclic) bond motifs is 4. The molecule has 0 amide bonds. The molecule has 0 aliphatic heterocycles. The standard InChI is InChI=1S/C28H21N3O4/c1-33-24-13-15-25(34-2)30-28(24)31-21-8-4-3-7-19(21)20-12-11-18(16-22(20)31)35-26-14-10-17-6-5-9-23(32)27(17)29-26/h3-16,32H,1-2H3. The van der Waals surface area contributed by atoms with Crippen molar-refractivity contribution in [2.75, 3.05) is 14.2 Å². The Hall–Kier alpha value is -4.78. The smallest absolute Gasteiger partial charge is 0.219 e. The van der Waals surface area contributed by atoms with Gasteiger partial charge in [-0.15, -0.1) is 0 Å². The topological polar surface area (TPSA) is 78.6 Å². The van der Waals surface area contributed by atoms with Crippen LogP contribution in [0.5, 0.6) is 29.0 Å². The molecule has 0 saturated carbocycles. The molecule has 0 atom stereocenters. The van der Waals surface area contributed by atoms with E-state index in [1.165, 1.54) is 0 Å². The summed E-state index contributed by atoms with van der Waals surface area (Å²) < 4.78 is 19.2. The lowest BCUT2D eigenvalue weighted by Gasteiger charge is -2.13. The monoisotopic (exact) mass is 463 g/mol. The van der Waals surface area contributed by atoms with Gasteiger partial charge in [0.2, 0.25) is 11.8 Å². The first-order valence-electron chi connectivity index (χ1n) is 11.1. The van der Waals surface area contributed by atoms with Crippen molar-refractivity contribution < 1.29 is 19.3 Å². The second kappa shape index (κ2) is 8.22. The SMILES string of the molecule is COc1ccc(OC)c(-n2c3ccccc3c3ccc(Oc4ccc5cccc(O)c5n4)cc32)n1. The van der Waals surface area contributed by atoms with Gasteiger partial charge >= 0.3 is 0 Å². The molecule has 0 radical (unpaired) electrons. The number of benzene rings is 3. The van der Waals surface area contributed by atoms with Gasteiger partial charge in [0.15, 0.2) is 11.6 Å². The summed E-state index contributed by atoms with van der Waals surface area (Å²) in [6.07, 6.45) is 0. The Kier molecular flexibility index (Phi) is 4.88. The molecule has 0 fully saturated rings. The van der Waals surface area contributed by atoms with Crippen LogP contribution in [0.2, 0.25) is 0 Å². The van der Waals surface area contributed by atoms with Gasteiger partial charge in [-0.3, -0.25) is 4.57 Å². The van der Waals surface area contributed by atoms with E-state index in [0.29, 0.717) is 34.6 Å². The van der Waals surface area contributed by atoms with E-state index in [1.807, 2.05) is 59.2 Å². The molecule has 0 aliphatic rings. The minimum Gasteiger partial charge on any atom is -0.506 e. The maximum Gasteiger partial charge on any atom is 0.219 e. The van der Waals surface area contributed by atoms with Crippen molar-refractivity contribution in [3.05, 3.63) is 84.9 Å². The van der Waals surface area contributed by atoms with Crippen molar-refractivity contribution in [2.24, 2.45) is 0 Å². The van der Waals surface area contributed by atoms with Crippen LogP contribution in [0.4, 0.5) is 0 Å². The lowest BCUT2D eigenvalue weighted by atomic mass is 10.1. The number of hydrogen-bond acceptors (Lipinski definition) is 6. The second-order valence-electron chi connectivity index (χ2n) is 8.01. The normalized spacial score (nSPS) is 11.3. The molecule has 7 nitrogen and oxygen atoms in total. The molecule has 3 aromatic carbocycles. The van der Waals surface area contributed by atoms with Gasteiger partial charge in [0.25, 0.3) is 0 Å². The van der Waals surface area contributed by atoms with Gasteiger partial charge in [0.1, 0.15) is 17.0 Å². The van der Waals surface area contributed by atoms with Gasteiger partial charge in [-0.1, -0.05) is 30.3 Å². The summed E-state index contributed by atoms with van der Waals surface area (Å²) in [7, 11) is 3.21. The highest BCUT2D eigenvalue weighted by Crippen LogP contribution is 2.37. The number of rotatable bonds is 5. The van der Waals surface area contributed by atoms with Gasteiger partial charge in [0.05, 0.1) is 25.3 Å². The minimum atomic E-state index is 0.111. The summed E-state index contributed by atoms with van der Waals surface area (Å²) in [6.45, 7) is 0. The van der Waals surface area contributed by atoms with Crippen LogP contribution in [0, 0.1) is 0 Å². The zero-order valence-corrected chi connectivity index (χ0v) is 19.1. The Morgan fingerprint density at radius 1 is 0.714 bits per heavy atom. The molecule has 0 aliphatic carbocycles. The Morgan fingerprint density at radius 2 is 1.54 bits per heavy atom. The number of pyridine rings is 2. The first-order chi connectivity index (χ1) is 17.2. The summed E-state index contributed by atoms with van der Waals surface area (Å²) in [4.78, 5) is 9.19. The maximum atomic E-state index is 10.2. The van der Waals surface area contributed by atoms with Crippen LogP contribution in [-0.2, 0) is 0 Å². The minimum absolute atomic E-state index is 0.111. The van der Waals surface area contributed by atoms with Crippen molar-refractivity contribution in [2.45, 2.75) is 0 Å². The molecular weight excluding hydrogens is 442 g/mol. The van der Waals surface area contributed by atoms with Crippen LogP contribution in [0.15, 0.2) is 84.9 Å². The van der Waals surface area contributed by atoms with Crippen molar-refractivity contribution in [3.8, 4) is 34.8 Å². The Morgan fingerprint density at radius 3 is 2.40 bits per heavy atom. The van der Waals surface area contributed by atoms with E-state index in [2.05, 4.69) is 11.1 Å². The summed E-state index contributed by atoms with van der Waals surface area (Å²) >= 11 is 0. The average molecular weight is 463 g/mol. The third-order valence-electron chi connectivity index (χ3n) is 6.00. The molecule has 6 rings (SSSR count). The highest BCUT2D eigenvalue weighted by atomic mass is 16.5. The lowest BCUT2D eigenvalue weighted by molar-refractivity contribution is 0.386. The van der Waals surface area contributed by atoms with Gasteiger partial charge in [-0.2, -0.15) is 4.98 Å². The average Bonchev–Trinajstić information content (AvgIpc) is 3.22. The molecule has 1 N–H and O–H groups in total. The number of para-hydroxylation sites is 2.